The van der Waals surface area contributed by atoms with Crippen LogP contribution >= 0.6 is 25.3 Å². The van der Waals surface area contributed by atoms with Crippen LogP contribution in [0.25, 0.3) is 10.8 Å². The summed E-state index contributed by atoms with van der Waals surface area (Å²) in [6.07, 6.45) is 1.34. The molecule has 23 heteroatoms. The number of carbonyl (C=O) groups is 8. The highest BCUT2D eigenvalue weighted by molar-refractivity contribution is 7.80. The Kier molecular flexibility index (Phi) is 25.6. The molecular formula is C48H70N12O9S2. The molecule has 5 unspecified atom stereocenters. The molecule has 0 heterocycles. The van der Waals surface area contributed by atoms with Gasteiger partial charge in [-0.3, -0.25) is 43.8 Å². The number of hydrogen-bond donors (Lipinski definition) is 15. The number of phenols is 1. The number of guanidine groups is 1. The third-order valence-corrected chi connectivity index (χ3v) is 11.6. The standard InChI is InChI=1S/C48H70N12O9S2/c1-28(2)52-20-7-6-11-35(58-47(69)39(24-30-14-17-34(62)18-15-30)60-46(68)37(19-22-70)55-29(3)61)44(66)57-36(12-8-21-53-48(50)51)45(67)59-38(25-31-13-16-32-9-4-5-10-33(32)23-31)43(65)54-26-41(63)56-40(27-71)42(49)64/h4-5,9-10,13-18,23,28,35-40,52,62,70-71H,6-8,11-12,19-22,24-27H2,1-3H3,(H2,49,64)(H,54,65)(H,55,61)(H,56,63)(H,57,66)(H,58,69)(H,59,67)(H,60,68)(H4,50,51,53)/t35?,36-,37?,38?,39?,40?/m1/s1. The maximum absolute atomic E-state index is 14.5. The summed E-state index contributed by atoms with van der Waals surface area (Å²) < 4.78 is 0. The number of hydrogen-bond acceptors (Lipinski definition) is 13. The normalized spacial score (nSPS) is 13.5. The van der Waals surface area contributed by atoms with E-state index in [0.29, 0.717) is 30.5 Å². The van der Waals surface area contributed by atoms with E-state index in [1.165, 1.54) is 19.1 Å². The molecule has 0 bridgehead atoms. The zero-order valence-corrected chi connectivity index (χ0v) is 42.1. The highest BCUT2D eigenvalue weighted by Gasteiger charge is 2.33. The van der Waals surface area contributed by atoms with E-state index in [-0.39, 0.29) is 74.3 Å². The number of rotatable bonds is 31. The Bertz CT molecular complexity index is 2290. The Labute approximate surface area is 425 Å². The molecule has 0 fully saturated rings. The van der Waals surface area contributed by atoms with Crippen molar-refractivity contribution in [3.8, 4) is 5.75 Å². The smallest absolute Gasteiger partial charge is 0.243 e. The Balaban J connectivity index is 1.99. The van der Waals surface area contributed by atoms with E-state index in [9.17, 15) is 43.5 Å². The highest BCUT2D eigenvalue weighted by Crippen LogP contribution is 2.18. The summed E-state index contributed by atoms with van der Waals surface area (Å²) in [6, 6.07) is 11.9. The highest BCUT2D eigenvalue weighted by atomic mass is 32.1. The van der Waals surface area contributed by atoms with Gasteiger partial charge in [-0.05, 0) is 84.9 Å². The van der Waals surface area contributed by atoms with Crippen LogP contribution in [-0.2, 0) is 51.2 Å². The van der Waals surface area contributed by atoms with E-state index in [0.717, 1.165) is 10.8 Å². The molecule has 0 aliphatic carbocycles. The molecule has 0 aliphatic heterocycles. The molecule has 8 amide bonds. The van der Waals surface area contributed by atoms with Crippen LogP contribution in [0.3, 0.4) is 0 Å². The number of thiol groups is 2. The first-order chi connectivity index (χ1) is 33.8. The molecule has 0 radical (unpaired) electrons. The molecule has 21 nitrogen and oxygen atoms in total. The number of carbonyl (C=O) groups excluding carboxylic acids is 8. The second kappa shape index (κ2) is 30.9. The fraction of sp³-hybridized carbons (Fsp3) is 0.479. The monoisotopic (exact) mass is 1020 g/mol. The van der Waals surface area contributed by atoms with Gasteiger partial charge < -0.3 is 64.4 Å². The van der Waals surface area contributed by atoms with Crippen LogP contribution in [-0.4, -0.2) is 132 Å². The third-order valence-electron chi connectivity index (χ3n) is 11.0. The molecule has 3 aromatic rings. The molecule has 0 aliphatic rings. The Morgan fingerprint density at radius 1 is 0.592 bits per heavy atom. The van der Waals surface area contributed by atoms with Crippen molar-refractivity contribution >= 4 is 89.2 Å². The van der Waals surface area contributed by atoms with Gasteiger partial charge in [0.15, 0.2) is 5.96 Å². The number of benzene rings is 3. The number of primary amides is 1. The van der Waals surface area contributed by atoms with Crippen molar-refractivity contribution in [2.45, 2.75) is 114 Å². The number of unbranched alkanes of at least 4 members (excludes halogenated alkanes) is 1. The van der Waals surface area contributed by atoms with Crippen molar-refractivity contribution < 1.29 is 43.5 Å². The molecule has 3 aromatic carbocycles. The molecule has 71 heavy (non-hydrogen) atoms. The Morgan fingerprint density at radius 2 is 1.13 bits per heavy atom. The number of fused-ring (bicyclic) bond motifs is 1. The molecule has 3 rings (SSSR count). The van der Waals surface area contributed by atoms with Crippen LogP contribution in [0.4, 0.5) is 0 Å². The maximum atomic E-state index is 14.5. The summed E-state index contributed by atoms with van der Waals surface area (Å²) >= 11 is 8.26. The van der Waals surface area contributed by atoms with E-state index < -0.39 is 90.1 Å². The van der Waals surface area contributed by atoms with Crippen LogP contribution in [0, 0.1) is 5.41 Å². The topological polar surface area (TPSA) is 341 Å². The van der Waals surface area contributed by atoms with Crippen molar-refractivity contribution in [3.05, 3.63) is 77.9 Å². The summed E-state index contributed by atoms with van der Waals surface area (Å²) in [5.41, 5.74) is 12.1. The molecule has 0 aromatic heterocycles. The quantitative estimate of drug-likeness (QED) is 0.0169. The van der Waals surface area contributed by atoms with Gasteiger partial charge in [0.1, 0.15) is 42.0 Å². The molecular weight excluding hydrogens is 953 g/mol. The van der Waals surface area contributed by atoms with Gasteiger partial charge in [0, 0.05) is 38.1 Å². The average Bonchev–Trinajstić information content (AvgIpc) is 3.32. The molecule has 6 atom stereocenters. The molecule has 0 spiro atoms. The van der Waals surface area contributed by atoms with Crippen LogP contribution in [0.1, 0.15) is 70.4 Å². The average molecular weight is 1020 g/mol. The SMILES string of the molecule is CC(=O)NC(CCS)C(=O)NC(Cc1ccc(O)cc1)C(=O)NC(CCCCNC(C)C)C(=O)N[C@H](CCCNC(=N)N)C(=O)NC(Cc1ccc2ccccc2c1)C(=O)NCC(=O)NC(CS)C(N)=O. The van der Waals surface area contributed by atoms with E-state index >= 15 is 0 Å². The molecule has 388 valence electrons. The predicted molar refractivity (Wildman–Crippen MR) is 277 cm³/mol. The van der Waals surface area contributed by atoms with Crippen LogP contribution < -0.4 is 59.3 Å². The fourth-order valence-corrected chi connectivity index (χ4v) is 7.82. The first-order valence-electron chi connectivity index (χ1n) is 23.4. The van der Waals surface area contributed by atoms with Gasteiger partial charge in [-0.25, -0.2) is 0 Å². The summed E-state index contributed by atoms with van der Waals surface area (Å²) in [4.78, 5) is 107. The van der Waals surface area contributed by atoms with Crippen molar-refractivity contribution in [2.75, 3.05) is 31.1 Å². The van der Waals surface area contributed by atoms with Gasteiger partial charge in [-0.2, -0.15) is 25.3 Å². The minimum absolute atomic E-state index is 0.0228. The lowest BCUT2D eigenvalue weighted by atomic mass is 10.00. The van der Waals surface area contributed by atoms with Gasteiger partial charge in [-0.1, -0.05) is 68.4 Å². The number of phenolic OH excluding ortho intramolecular Hbond substituents is 1. The summed E-state index contributed by atoms with van der Waals surface area (Å²) in [7, 11) is 0. The van der Waals surface area contributed by atoms with Crippen LogP contribution in [0.15, 0.2) is 66.7 Å². The zero-order valence-electron chi connectivity index (χ0n) is 40.3. The summed E-state index contributed by atoms with van der Waals surface area (Å²) in [6.45, 7) is 5.39. The maximum Gasteiger partial charge on any atom is 0.243 e. The molecule has 0 saturated heterocycles. The first-order valence-corrected chi connectivity index (χ1v) is 24.7. The molecule has 0 saturated carbocycles. The largest absolute Gasteiger partial charge is 0.508 e. The van der Waals surface area contributed by atoms with E-state index in [2.05, 4.69) is 73.1 Å². The Hall–Kier alpha value is -6.59. The Morgan fingerprint density at radius 3 is 1.69 bits per heavy atom. The van der Waals surface area contributed by atoms with Gasteiger partial charge in [0.2, 0.25) is 47.3 Å². The van der Waals surface area contributed by atoms with Crippen molar-refractivity contribution in [1.29, 1.82) is 5.41 Å². The minimum Gasteiger partial charge on any atom is -0.508 e. The lowest BCUT2D eigenvalue weighted by molar-refractivity contribution is -0.135. The minimum atomic E-state index is -1.33. The summed E-state index contributed by atoms with van der Waals surface area (Å²) in [5.74, 6) is -5.94. The van der Waals surface area contributed by atoms with Crippen LogP contribution in [0.5, 0.6) is 5.75 Å². The molecule has 15 N–H and O–H groups in total. The summed E-state index contributed by atoms with van der Waals surface area (Å²) in [5, 5.41) is 43.8. The van der Waals surface area contributed by atoms with Crippen LogP contribution in [0.2, 0.25) is 0 Å². The second-order valence-electron chi connectivity index (χ2n) is 17.3. The van der Waals surface area contributed by atoms with Gasteiger partial charge >= 0.3 is 0 Å². The van der Waals surface area contributed by atoms with E-state index in [4.69, 9.17) is 16.9 Å². The lowest BCUT2D eigenvalue weighted by Crippen LogP contribution is -2.59. The predicted octanol–water partition coefficient (Wildman–Crippen LogP) is -0.458. The van der Waals surface area contributed by atoms with Crippen molar-refractivity contribution in [2.24, 2.45) is 11.5 Å². The zero-order chi connectivity index (χ0) is 52.5. The van der Waals surface area contributed by atoms with E-state index in [1.54, 1.807) is 18.2 Å². The second-order valence-corrected chi connectivity index (χ2v) is 18.1. The lowest BCUT2D eigenvalue weighted by Gasteiger charge is -2.27. The number of nitrogens with two attached hydrogens (primary N) is 2. The van der Waals surface area contributed by atoms with E-state index in [1.807, 2.05) is 50.2 Å². The number of amides is 8. The number of nitrogens with one attached hydrogen (secondary N) is 10. The van der Waals surface area contributed by atoms with Gasteiger partial charge in [0.25, 0.3) is 0 Å². The number of aromatic hydroxyl groups is 1. The van der Waals surface area contributed by atoms with Gasteiger partial charge in [0.05, 0.1) is 6.54 Å². The van der Waals surface area contributed by atoms with Gasteiger partial charge in [-0.15, -0.1) is 0 Å². The van der Waals surface area contributed by atoms with Crippen molar-refractivity contribution in [1.82, 2.24) is 47.9 Å². The third kappa shape index (κ3) is 21.9. The first kappa shape index (κ1) is 58.7. The van der Waals surface area contributed by atoms with Crippen molar-refractivity contribution in [3.63, 3.8) is 0 Å². The fourth-order valence-electron chi connectivity index (χ4n) is 7.29.